The average molecular weight is 364 g/mol. The van der Waals surface area contributed by atoms with Crippen molar-refractivity contribution in [3.63, 3.8) is 0 Å². The number of carbonyl (C=O) groups excluding carboxylic acids is 1. The second-order valence-electron chi connectivity index (χ2n) is 8.06. The number of amides is 1. The fourth-order valence-electron chi connectivity index (χ4n) is 4.45. The van der Waals surface area contributed by atoms with Gasteiger partial charge in [0.15, 0.2) is 0 Å². The lowest BCUT2D eigenvalue weighted by molar-refractivity contribution is -0.124. The zero-order valence-electron chi connectivity index (χ0n) is 16.0. The maximum atomic E-state index is 13.0. The first-order valence-electron chi connectivity index (χ1n) is 9.94. The molecule has 1 saturated heterocycles. The lowest BCUT2D eigenvalue weighted by Gasteiger charge is -2.37. The first-order chi connectivity index (χ1) is 13.0. The highest BCUT2D eigenvalue weighted by atomic mass is 16.3. The van der Waals surface area contributed by atoms with E-state index in [1.807, 2.05) is 54.3 Å². The van der Waals surface area contributed by atoms with Crippen molar-refractivity contribution in [2.24, 2.45) is 5.92 Å². The topological polar surface area (TPSA) is 43.8 Å². The third-order valence-corrected chi connectivity index (χ3v) is 6.02. The summed E-state index contributed by atoms with van der Waals surface area (Å²) in [5.74, 6) is 0.364. The Morgan fingerprint density at radius 3 is 2.44 bits per heavy atom. The second-order valence-corrected chi connectivity index (χ2v) is 8.06. The van der Waals surface area contributed by atoms with Crippen molar-refractivity contribution < 1.29 is 9.90 Å². The highest BCUT2D eigenvalue weighted by Gasteiger charge is 2.34. The Kier molecular flexibility index (Phi) is 5.02. The second kappa shape index (κ2) is 7.45. The van der Waals surface area contributed by atoms with Crippen LogP contribution in [0.15, 0.2) is 54.6 Å². The predicted octanol–water partition coefficient (Wildman–Crippen LogP) is 3.20. The molecular formula is C23H28N2O2. The number of para-hydroxylation sites is 1. The number of aliphatic hydroxyl groups is 1. The maximum Gasteiger partial charge on any atom is 0.230 e. The number of fused-ring (bicyclic) bond motifs is 1. The molecule has 0 spiro atoms. The van der Waals surface area contributed by atoms with Crippen LogP contribution in [0.25, 0.3) is 0 Å². The molecule has 4 rings (SSSR count). The number of piperidine rings is 1. The molecule has 1 amide bonds. The highest BCUT2D eigenvalue weighted by Crippen LogP contribution is 2.31. The van der Waals surface area contributed by atoms with E-state index in [9.17, 15) is 9.90 Å². The summed E-state index contributed by atoms with van der Waals surface area (Å²) in [6.45, 7) is 5.00. The Hall–Kier alpha value is -2.17. The minimum absolute atomic E-state index is 0.0917. The number of likely N-dealkylation sites (tertiary alicyclic amines) is 1. The first kappa shape index (κ1) is 18.2. The molecule has 0 saturated carbocycles. The Labute approximate surface area is 161 Å². The van der Waals surface area contributed by atoms with Crippen molar-refractivity contribution in [2.45, 2.75) is 31.8 Å². The van der Waals surface area contributed by atoms with Crippen molar-refractivity contribution in [3.8, 4) is 0 Å². The van der Waals surface area contributed by atoms with E-state index in [2.05, 4.69) is 17.0 Å². The summed E-state index contributed by atoms with van der Waals surface area (Å²) < 4.78 is 0. The molecular weight excluding hydrogens is 336 g/mol. The van der Waals surface area contributed by atoms with Crippen LogP contribution in [0.1, 0.15) is 30.9 Å². The standard InChI is InChI=1S/C23H28N2O2/c1-23(27,20-8-3-2-4-9-20)17-24-14-11-19(12-15-24)22(26)25-16-13-18-7-5-6-10-21(18)25/h2-10,19,27H,11-17H2,1H3. The minimum Gasteiger partial charge on any atom is -0.384 e. The summed E-state index contributed by atoms with van der Waals surface area (Å²) in [7, 11) is 0. The number of carbonyl (C=O) groups is 1. The first-order valence-corrected chi connectivity index (χ1v) is 9.94. The normalized spacial score (nSPS) is 20.3. The molecule has 2 aliphatic rings. The minimum atomic E-state index is -0.869. The molecule has 27 heavy (non-hydrogen) atoms. The van der Waals surface area contributed by atoms with Crippen LogP contribution in [0.5, 0.6) is 0 Å². The molecule has 1 unspecified atom stereocenters. The molecule has 0 bridgehead atoms. The van der Waals surface area contributed by atoms with Crippen LogP contribution in [0, 0.1) is 5.92 Å². The highest BCUT2D eigenvalue weighted by molar-refractivity contribution is 5.97. The third-order valence-electron chi connectivity index (χ3n) is 6.02. The summed E-state index contributed by atoms with van der Waals surface area (Å²) in [5, 5.41) is 10.9. The van der Waals surface area contributed by atoms with Gasteiger partial charge in [-0.25, -0.2) is 0 Å². The van der Waals surface area contributed by atoms with E-state index >= 15 is 0 Å². The Morgan fingerprint density at radius 2 is 1.70 bits per heavy atom. The van der Waals surface area contributed by atoms with Crippen LogP contribution < -0.4 is 4.90 Å². The largest absolute Gasteiger partial charge is 0.384 e. The van der Waals surface area contributed by atoms with Gasteiger partial charge in [0, 0.05) is 24.7 Å². The smallest absolute Gasteiger partial charge is 0.230 e. The Morgan fingerprint density at radius 1 is 1.04 bits per heavy atom. The average Bonchev–Trinajstić information content (AvgIpc) is 3.13. The van der Waals surface area contributed by atoms with Crippen molar-refractivity contribution >= 4 is 11.6 Å². The van der Waals surface area contributed by atoms with Crippen molar-refractivity contribution in [1.82, 2.24) is 4.90 Å². The van der Waals surface area contributed by atoms with Gasteiger partial charge in [-0.2, -0.15) is 0 Å². The van der Waals surface area contributed by atoms with Gasteiger partial charge in [0.1, 0.15) is 0 Å². The molecule has 4 heteroatoms. The van der Waals surface area contributed by atoms with Gasteiger partial charge in [-0.15, -0.1) is 0 Å². The van der Waals surface area contributed by atoms with Crippen LogP contribution >= 0.6 is 0 Å². The Bertz CT molecular complexity index is 795. The van der Waals surface area contributed by atoms with E-state index in [0.717, 1.165) is 50.1 Å². The third kappa shape index (κ3) is 3.78. The SMILES string of the molecule is CC(O)(CN1CCC(C(=O)N2CCc3ccccc32)CC1)c1ccccc1. The van der Waals surface area contributed by atoms with Gasteiger partial charge in [-0.3, -0.25) is 4.79 Å². The molecule has 0 radical (unpaired) electrons. The number of hydrogen-bond acceptors (Lipinski definition) is 3. The van der Waals surface area contributed by atoms with Crippen molar-refractivity contribution in [3.05, 3.63) is 65.7 Å². The zero-order valence-corrected chi connectivity index (χ0v) is 16.0. The fraction of sp³-hybridized carbons (Fsp3) is 0.435. The van der Waals surface area contributed by atoms with E-state index in [-0.39, 0.29) is 11.8 Å². The van der Waals surface area contributed by atoms with Crippen molar-refractivity contribution in [1.29, 1.82) is 0 Å². The van der Waals surface area contributed by atoms with Gasteiger partial charge < -0.3 is 14.9 Å². The summed E-state index contributed by atoms with van der Waals surface area (Å²) in [6.07, 6.45) is 2.69. The van der Waals surface area contributed by atoms with Crippen LogP contribution in [-0.2, 0) is 16.8 Å². The van der Waals surface area contributed by atoms with Gasteiger partial charge in [0.05, 0.1) is 5.60 Å². The quantitative estimate of drug-likeness (QED) is 0.906. The fourth-order valence-corrected chi connectivity index (χ4v) is 4.45. The number of hydrogen-bond donors (Lipinski definition) is 1. The van der Waals surface area contributed by atoms with E-state index in [0.29, 0.717) is 6.54 Å². The number of rotatable bonds is 4. The molecule has 1 fully saturated rings. The number of benzene rings is 2. The molecule has 2 heterocycles. The maximum absolute atomic E-state index is 13.0. The Balaban J connectivity index is 1.35. The molecule has 4 nitrogen and oxygen atoms in total. The van der Waals surface area contributed by atoms with E-state index in [1.54, 1.807) is 0 Å². The van der Waals surface area contributed by atoms with Crippen molar-refractivity contribution in [2.75, 3.05) is 31.1 Å². The summed E-state index contributed by atoms with van der Waals surface area (Å²) in [5.41, 5.74) is 2.45. The predicted molar refractivity (Wildman–Crippen MR) is 108 cm³/mol. The van der Waals surface area contributed by atoms with Gasteiger partial charge in [0.25, 0.3) is 0 Å². The molecule has 1 N–H and O–H groups in total. The summed E-state index contributed by atoms with van der Waals surface area (Å²) in [4.78, 5) is 17.3. The number of β-amino-alcohol motifs (C(OH)–C–C–N with tert-alkyl or cyclic N) is 1. The van der Waals surface area contributed by atoms with Crippen LogP contribution in [0.3, 0.4) is 0 Å². The molecule has 0 aromatic heterocycles. The van der Waals surface area contributed by atoms with Crippen LogP contribution in [-0.4, -0.2) is 42.1 Å². The lowest BCUT2D eigenvalue weighted by atomic mass is 9.91. The van der Waals surface area contributed by atoms with Crippen LogP contribution in [0.2, 0.25) is 0 Å². The van der Waals surface area contributed by atoms with E-state index < -0.39 is 5.60 Å². The van der Waals surface area contributed by atoms with E-state index in [4.69, 9.17) is 0 Å². The van der Waals surface area contributed by atoms with Gasteiger partial charge in [-0.1, -0.05) is 48.5 Å². The van der Waals surface area contributed by atoms with Gasteiger partial charge >= 0.3 is 0 Å². The summed E-state index contributed by atoms with van der Waals surface area (Å²) in [6, 6.07) is 18.1. The van der Waals surface area contributed by atoms with Crippen LogP contribution in [0.4, 0.5) is 5.69 Å². The zero-order chi connectivity index (χ0) is 18.9. The van der Waals surface area contributed by atoms with E-state index in [1.165, 1.54) is 5.56 Å². The molecule has 142 valence electrons. The molecule has 0 aliphatic carbocycles. The summed E-state index contributed by atoms with van der Waals surface area (Å²) >= 11 is 0. The number of anilines is 1. The molecule has 2 aliphatic heterocycles. The molecule has 2 aromatic rings. The molecule has 2 aromatic carbocycles. The molecule has 1 atom stereocenters. The van der Waals surface area contributed by atoms with Gasteiger partial charge in [-0.05, 0) is 56.5 Å². The number of nitrogens with zero attached hydrogens (tertiary/aromatic N) is 2. The monoisotopic (exact) mass is 364 g/mol. The van der Waals surface area contributed by atoms with Gasteiger partial charge in [0.2, 0.25) is 5.91 Å². The lowest BCUT2D eigenvalue weighted by Crippen LogP contribution is -2.46.